The molecule has 0 saturated carbocycles. The molecule has 2 aliphatic rings. The minimum Gasteiger partial charge on any atom is -0.486 e. The van der Waals surface area contributed by atoms with Crippen LogP contribution in [0.3, 0.4) is 0 Å². The maximum Gasteiger partial charge on any atom is 0.328 e. The molecule has 2 aromatic carbocycles. The lowest BCUT2D eigenvalue weighted by atomic mass is 9.82. The summed E-state index contributed by atoms with van der Waals surface area (Å²) in [4.78, 5) is 25.9. The van der Waals surface area contributed by atoms with E-state index in [1.54, 1.807) is 18.2 Å². The highest BCUT2D eigenvalue weighted by Gasteiger charge is 2.42. The number of hydrogen-bond acceptors (Lipinski definition) is 4. The molecule has 2 heterocycles. The van der Waals surface area contributed by atoms with Crippen LogP contribution in [-0.2, 0) is 11.3 Å². The zero-order valence-electron chi connectivity index (χ0n) is 15.6. The second kappa shape index (κ2) is 7.60. The lowest BCUT2D eigenvalue weighted by molar-refractivity contribution is -0.131. The van der Waals surface area contributed by atoms with Crippen molar-refractivity contribution in [1.29, 1.82) is 0 Å². The van der Waals surface area contributed by atoms with Gasteiger partial charge in [-0.05, 0) is 29.3 Å². The van der Waals surface area contributed by atoms with Crippen molar-refractivity contribution in [2.75, 3.05) is 13.1 Å². The van der Waals surface area contributed by atoms with E-state index in [1.807, 2.05) is 6.07 Å². The average molecular weight is 377 g/mol. The van der Waals surface area contributed by atoms with Crippen LogP contribution < -0.4 is 4.74 Å². The average Bonchev–Trinajstić information content (AvgIpc) is 2.69. The fraction of sp³-hybridized carbons (Fsp3) is 0.304. The Morgan fingerprint density at radius 2 is 1.89 bits per heavy atom. The van der Waals surface area contributed by atoms with E-state index in [0.29, 0.717) is 23.3 Å². The van der Waals surface area contributed by atoms with Crippen molar-refractivity contribution in [2.45, 2.75) is 31.4 Å². The summed E-state index contributed by atoms with van der Waals surface area (Å²) < 4.78 is 6.32. The Kier molecular flexibility index (Phi) is 5.01. The van der Waals surface area contributed by atoms with E-state index < -0.39 is 11.6 Å². The van der Waals surface area contributed by atoms with E-state index >= 15 is 0 Å². The number of carbonyl (C=O) groups excluding carboxylic acids is 1. The molecule has 1 fully saturated rings. The number of aliphatic carboxylic acids is 1. The molecule has 28 heavy (non-hydrogen) atoms. The normalized spacial score (nSPS) is 18.8. The van der Waals surface area contributed by atoms with Gasteiger partial charge >= 0.3 is 5.97 Å². The summed E-state index contributed by atoms with van der Waals surface area (Å²) in [6.07, 6.45) is 4.59. The molecule has 144 valence electrons. The smallest absolute Gasteiger partial charge is 0.328 e. The first-order chi connectivity index (χ1) is 13.5. The van der Waals surface area contributed by atoms with Crippen LogP contribution in [0.5, 0.6) is 5.75 Å². The third kappa shape index (κ3) is 3.99. The van der Waals surface area contributed by atoms with Crippen molar-refractivity contribution >= 4 is 17.8 Å². The number of ether oxygens (including phenoxy) is 1. The molecule has 1 N–H and O–H groups in total. The largest absolute Gasteiger partial charge is 0.486 e. The highest BCUT2D eigenvalue weighted by atomic mass is 16.5. The molecule has 0 atom stereocenters. The summed E-state index contributed by atoms with van der Waals surface area (Å²) in [5.41, 5.74) is 2.11. The van der Waals surface area contributed by atoms with Gasteiger partial charge in [0.05, 0.1) is 12.0 Å². The highest BCUT2D eigenvalue weighted by Crippen LogP contribution is 2.40. The first-order valence-electron chi connectivity index (χ1n) is 9.57. The summed E-state index contributed by atoms with van der Waals surface area (Å²) in [6.45, 7) is 2.72. The molecule has 2 aromatic rings. The Morgan fingerprint density at radius 3 is 2.61 bits per heavy atom. The van der Waals surface area contributed by atoms with Gasteiger partial charge < -0.3 is 9.84 Å². The Balaban J connectivity index is 1.44. The van der Waals surface area contributed by atoms with Crippen LogP contribution in [0.25, 0.3) is 6.08 Å². The maximum absolute atomic E-state index is 12.8. The van der Waals surface area contributed by atoms with Crippen LogP contribution in [0.1, 0.15) is 40.7 Å². The van der Waals surface area contributed by atoms with Crippen molar-refractivity contribution in [3.8, 4) is 5.75 Å². The Hall–Kier alpha value is -2.92. The summed E-state index contributed by atoms with van der Waals surface area (Å²) in [5, 5.41) is 8.76. The van der Waals surface area contributed by atoms with E-state index in [0.717, 1.165) is 38.6 Å². The van der Waals surface area contributed by atoms with Gasteiger partial charge in [0.15, 0.2) is 5.78 Å². The Morgan fingerprint density at radius 1 is 1.14 bits per heavy atom. The number of fused-ring (bicyclic) bond motifs is 1. The zero-order chi connectivity index (χ0) is 19.6. The van der Waals surface area contributed by atoms with E-state index in [1.165, 1.54) is 11.6 Å². The Bertz CT molecular complexity index is 911. The topological polar surface area (TPSA) is 66.8 Å². The van der Waals surface area contributed by atoms with E-state index in [2.05, 4.69) is 29.2 Å². The van der Waals surface area contributed by atoms with Gasteiger partial charge in [0.25, 0.3) is 0 Å². The fourth-order valence-electron chi connectivity index (χ4n) is 4.02. The van der Waals surface area contributed by atoms with Crippen molar-refractivity contribution in [3.05, 3.63) is 71.3 Å². The molecule has 5 nitrogen and oxygen atoms in total. The van der Waals surface area contributed by atoms with Crippen molar-refractivity contribution < 1.29 is 19.4 Å². The van der Waals surface area contributed by atoms with Gasteiger partial charge in [0.2, 0.25) is 0 Å². The van der Waals surface area contributed by atoms with Crippen molar-refractivity contribution in [1.82, 2.24) is 4.90 Å². The molecule has 0 amide bonds. The standard InChI is InChI=1S/C23H23NO4/c25-20-15-23(10-12-24(13-11-23)16-18-4-2-1-3-5-18)28-21-8-6-17(14-19(20)21)7-9-22(26)27/h1-9,14H,10-13,15-16H2,(H,26,27)/b9-7+. The third-order valence-corrected chi connectivity index (χ3v) is 5.55. The summed E-state index contributed by atoms with van der Waals surface area (Å²) in [5.74, 6) is -0.329. The number of rotatable bonds is 4. The van der Waals surface area contributed by atoms with Gasteiger partial charge in [-0.15, -0.1) is 0 Å². The van der Waals surface area contributed by atoms with Gasteiger partial charge in [-0.2, -0.15) is 0 Å². The van der Waals surface area contributed by atoms with Gasteiger partial charge in [0, 0.05) is 38.6 Å². The highest BCUT2D eigenvalue weighted by molar-refractivity contribution is 6.01. The molecular formula is C23H23NO4. The number of carboxylic acids is 1. The Labute approximate surface area is 164 Å². The number of Topliss-reactive ketones (excluding diaryl/α,β-unsaturated/α-hetero) is 1. The first-order valence-corrected chi connectivity index (χ1v) is 9.57. The van der Waals surface area contributed by atoms with Crippen LogP contribution >= 0.6 is 0 Å². The van der Waals surface area contributed by atoms with Crippen LogP contribution in [0.4, 0.5) is 0 Å². The number of hydrogen-bond donors (Lipinski definition) is 1. The molecule has 5 heteroatoms. The monoisotopic (exact) mass is 377 g/mol. The number of benzene rings is 2. The molecule has 4 rings (SSSR count). The molecule has 1 spiro atoms. The minimum atomic E-state index is -1.01. The number of nitrogens with zero attached hydrogens (tertiary/aromatic N) is 1. The van der Waals surface area contributed by atoms with Gasteiger partial charge in [0.1, 0.15) is 11.4 Å². The van der Waals surface area contributed by atoms with Gasteiger partial charge in [-0.1, -0.05) is 36.4 Å². The van der Waals surface area contributed by atoms with Crippen LogP contribution in [-0.4, -0.2) is 40.4 Å². The predicted octanol–water partition coefficient (Wildman–Crippen LogP) is 3.78. The number of carbonyl (C=O) groups is 2. The SMILES string of the molecule is O=C(O)/C=C/c1ccc2c(c1)C(=O)CC1(CCN(Cc3ccccc3)CC1)O2. The summed E-state index contributed by atoms with van der Waals surface area (Å²) in [7, 11) is 0. The minimum absolute atomic E-state index is 0.0725. The first kappa shape index (κ1) is 18.4. The quantitative estimate of drug-likeness (QED) is 0.822. The third-order valence-electron chi connectivity index (χ3n) is 5.55. The maximum atomic E-state index is 12.8. The fourth-order valence-corrected chi connectivity index (χ4v) is 4.02. The molecule has 0 aromatic heterocycles. The van der Waals surface area contributed by atoms with Gasteiger partial charge in [-0.3, -0.25) is 9.69 Å². The molecular weight excluding hydrogens is 354 g/mol. The molecule has 0 aliphatic carbocycles. The van der Waals surface area contributed by atoms with Crippen molar-refractivity contribution in [3.63, 3.8) is 0 Å². The lowest BCUT2D eigenvalue weighted by Crippen LogP contribution is -2.50. The number of ketones is 1. The van der Waals surface area contributed by atoms with Gasteiger partial charge in [-0.25, -0.2) is 4.79 Å². The number of likely N-dealkylation sites (tertiary alicyclic amines) is 1. The molecule has 2 aliphatic heterocycles. The van der Waals surface area contributed by atoms with E-state index in [-0.39, 0.29) is 5.78 Å². The second-order valence-corrected chi connectivity index (χ2v) is 7.57. The zero-order valence-corrected chi connectivity index (χ0v) is 15.6. The predicted molar refractivity (Wildman–Crippen MR) is 106 cm³/mol. The number of carboxylic acid groups (broad SMARTS) is 1. The number of piperidine rings is 1. The van der Waals surface area contributed by atoms with Crippen LogP contribution in [0.2, 0.25) is 0 Å². The van der Waals surface area contributed by atoms with Crippen molar-refractivity contribution in [2.24, 2.45) is 0 Å². The molecule has 0 bridgehead atoms. The molecule has 0 unspecified atom stereocenters. The second-order valence-electron chi connectivity index (χ2n) is 7.57. The van der Waals surface area contributed by atoms with E-state index in [9.17, 15) is 9.59 Å². The molecule has 1 saturated heterocycles. The summed E-state index contributed by atoms with van der Waals surface area (Å²) in [6, 6.07) is 15.7. The van der Waals surface area contributed by atoms with Crippen LogP contribution in [0, 0.1) is 0 Å². The molecule has 0 radical (unpaired) electrons. The summed E-state index contributed by atoms with van der Waals surface area (Å²) >= 11 is 0. The lowest BCUT2D eigenvalue weighted by Gasteiger charge is -2.44. The van der Waals surface area contributed by atoms with Crippen LogP contribution in [0.15, 0.2) is 54.6 Å². The van der Waals surface area contributed by atoms with E-state index in [4.69, 9.17) is 9.84 Å².